The molecule has 3 aromatic carbocycles. The van der Waals surface area contributed by atoms with Crippen molar-refractivity contribution in [3.05, 3.63) is 77.6 Å². The Bertz CT molecular complexity index is 1520. The smallest absolute Gasteiger partial charge is 0.430 e. The highest BCUT2D eigenvalue weighted by Crippen LogP contribution is 2.41. The molecule has 0 radical (unpaired) electrons. The molecule has 1 amide bonds. The molecule has 254 valence electrons. The number of aliphatic carboxylic acids is 1. The number of aromatic carboxylic acids is 1. The van der Waals surface area contributed by atoms with E-state index in [4.69, 9.17) is 19.4 Å². The van der Waals surface area contributed by atoms with E-state index in [2.05, 4.69) is 12.2 Å². The highest BCUT2D eigenvalue weighted by atomic mass is 19.4. The van der Waals surface area contributed by atoms with E-state index in [1.54, 1.807) is 41.3 Å². The van der Waals surface area contributed by atoms with Crippen molar-refractivity contribution < 1.29 is 56.9 Å². The van der Waals surface area contributed by atoms with Crippen LogP contribution in [0.25, 0.3) is 11.1 Å². The number of benzene rings is 3. The molecule has 1 heterocycles. The normalized spacial score (nSPS) is 16.0. The largest absolute Gasteiger partial charge is 0.542 e. The van der Waals surface area contributed by atoms with Crippen molar-refractivity contribution in [3.8, 4) is 22.6 Å². The summed E-state index contributed by atoms with van der Waals surface area (Å²) in [6.07, 6.45) is -3.14. The van der Waals surface area contributed by atoms with Gasteiger partial charge in [-0.05, 0) is 62.2 Å². The minimum Gasteiger partial charge on any atom is -0.542 e. The molecule has 1 atom stereocenters. The number of rotatable bonds is 13. The number of amides is 1. The summed E-state index contributed by atoms with van der Waals surface area (Å²) in [5.41, 5.74) is 3.08. The number of alkyl halides is 3. The van der Waals surface area contributed by atoms with Crippen LogP contribution in [0.4, 0.5) is 23.2 Å². The molecule has 1 saturated heterocycles. The average molecular weight is 663 g/mol. The molecule has 0 saturated carbocycles. The molecule has 1 fully saturated rings. The zero-order valence-electron chi connectivity index (χ0n) is 26.4. The lowest BCUT2D eigenvalue weighted by molar-refractivity contribution is -0.672. The van der Waals surface area contributed by atoms with Crippen molar-refractivity contribution in [1.82, 2.24) is 0 Å². The average Bonchev–Trinajstić information content (AvgIpc) is 3.36. The lowest BCUT2D eigenvalue weighted by Gasteiger charge is -2.27. The summed E-state index contributed by atoms with van der Waals surface area (Å²) in [6.45, 7) is 8.94. The molecule has 4 rings (SSSR count). The summed E-state index contributed by atoms with van der Waals surface area (Å²) < 4.78 is 57.1. The Kier molecular flexibility index (Phi) is 12.7. The van der Waals surface area contributed by atoms with Crippen LogP contribution in [-0.4, -0.2) is 55.4 Å². The van der Waals surface area contributed by atoms with Gasteiger partial charge in [0.2, 0.25) is 5.91 Å². The van der Waals surface area contributed by atoms with Gasteiger partial charge in [-0.15, -0.1) is 0 Å². The molecule has 0 aliphatic carbocycles. The lowest BCUT2D eigenvalue weighted by Crippen LogP contribution is -2.83. The van der Waals surface area contributed by atoms with Crippen molar-refractivity contribution in [2.75, 3.05) is 31.2 Å². The highest BCUT2D eigenvalue weighted by Gasteiger charge is 2.43. The molecule has 13 heteroatoms. The van der Waals surface area contributed by atoms with Crippen LogP contribution in [0, 0.1) is 11.2 Å². The second-order valence-corrected chi connectivity index (χ2v) is 11.0. The Balaban J connectivity index is 0.000000771. The molecule has 0 aromatic heterocycles. The van der Waals surface area contributed by atoms with Crippen LogP contribution in [0.1, 0.15) is 56.0 Å². The van der Waals surface area contributed by atoms with Gasteiger partial charge in [0.05, 0.1) is 36.6 Å². The standard InChI is InChI=1S/C32H37FN2O5.C2HF3O2/c1-4-32(19-29(36)35(21-32)26-10-8-7-9-25(26)31(37)38)15-16-34-20-22-17-27(39-5-2)30(28(18-22)40-6-3)23-11-13-24(33)14-12-23;3-2(4,5)1(6)7/h7-14,17-18,34H,4-6,15-16,19-21H2,1-3H3,(H,37,38);(H,6,7). The summed E-state index contributed by atoms with van der Waals surface area (Å²) in [6, 6.07) is 17.0. The van der Waals surface area contributed by atoms with Gasteiger partial charge in [0.15, 0.2) is 0 Å². The Hall–Kier alpha value is -4.65. The van der Waals surface area contributed by atoms with E-state index in [1.165, 1.54) is 12.1 Å². The van der Waals surface area contributed by atoms with Crippen LogP contribution in [0.2, 0.25) is 0 Å². The van der Waals surface area contributed by atoms with Gasteiger partial charge in [-0.2, -0.15) is 13.2 Å². The summed E-state index contributed by atoms with van der Waals surface area (Å²) in [5, 5.41) is 20.6. The van der Waals surface area contributed by atoms with Gasteiger partial charge in [-0.1, -0.05) is 31.2 Å². The highest BCUT2D eigenvalue weighted by molar-refractivity contribution is 6.03. The summed E-state index contributed by atoms with van der Waals surface area (Å²) in [4.78, 5) is 35.2. The quantitative estimate of drug-likeness (QED) is 0.202. The molecule has 1 aliphatic rings. The van der Waals surface area contributed by atoms with Crippen molar-refractivity contribution in [2.45, 2.75) is 52.8 Å². The fourth-order valence-electron chi connectivity index (χ4n) is 5.46. The number of hydrogen-bond acceptors (Lipinski definition) is 6. The van der Waals surface area contributed by atoms with Crippen molar-refractivity contribution in [2.24, 2.45) is 5.41 Å². The number of carbonyl (C=O) groups is 3. The molecule has 1 unspecified atom stereocenters. The number of anilines is 1. The van der Waals surface area contributed by atoms with Crippen molar-refractivity contribution >= 4 is 23.5 Å². The second-order valence-electron chi connectivity index (χ2n) is 11.0. The minimum atomic E-state index is -5.19. The minimum absolute atomic E-state index is 0.0327. The Morgan fingerprint density at radius 2 is 1.57 bits per heavy atom. The fraction of sp³-hybridized carbons (Fsp3) is 0.382. The van der Waals surface area contributed by atoms with E-state index >= 15 is 0 Å². The second kappa shape index (κ2) is 16.3. The number of nitrogens with zero attached hydrogens (tertiary/aromatic N) is 1. The molecule has 3 N–H and O–H groups in total. The maximum Gasteiger partial charge on any atom is 0.430 e. The van der Waals surface area contributed by atoms with Gasteiger partial charge in [0.1, 0.15) is 29.8 Å². The zero-order chi connectivity index (χ0) is 34.8. The van der Waals surface area contributed by atoms with E-state index in [0.717, 1.165) is 36.1 Å². The van der Waals surface area contributed by atoms with Crippen LogP contribution in [0.15, 0.2) is 60.7 Å². The molecule has 47 heavy (non-hydrogen) atoms. The Morgan fingerprint density at radius 1 is 1.00 bits per heavy atom. The summed E-state index contributed by atoms with van der Waals surface area (Å²) in [7, 11) is 0. The molecular formula is C34H38F4N2O7. The van der Waals surface area contributed by atoms with Crippen LogP contribution < -0.4 is 24.8 Å². The Labute approximate surface area is 270 Å². The van der Waals surface area contributed by atoms with Gasteiger partial charge in [0, 0.05) is 30.4 Å². The van der Waals surface area contributed by atoms with Crippen LogP contribution in [0.5, 0.6) is 11.5 Å². The van der Waals surface area contributed by atoms with E-state index in [9.17, 15) is 32.3 Å². The van der Waals surface area contributed by atoms with Gasteiger partial charge >= 0.3 is 12.1 Å². The van der Waals surface area contributed by atoms with Gasteiger partial charge in [0.25, 0.3) is 0 Å². The van der Waals surface area contributed by atoms with Gasteiger partial charge in [-0.25, -0.2) is 9.18 Å². The SMILES string of the molecule is CCOc1cc(C[NH2+]CCC2(CC)CC(=O)N(c3ccccc3C(=O)O)C2)cc(OCC)c1-c1ccc(F)cc1.O=C([O-])C(F)(F)F. The van der Waals surface area contributed by atoms with Crippen LogP contribution in [-0.2, 0) is 16.1 Å². The number of carbonyl (C=O) groups excluding carboxylic acids is 2. The fourth-order valence-corrected chi connectivity index (χ4v) is 5.46. The van der Waals surface area contributed by atoms with Gasteiger partial charge in [-0.3, -0.25) is 4.79 Å². The maximum absolute atomic E-state index is 13.6. The lowest BCUT2D eigenvalue weighted by atomic mass is 9.81. The number of ether oxygens (including phenoxy) is 2. The van der Waals surface area contributed by atoms with E-state index < -0.39 is 18.1 Å². The van der Waals surface area contributed by atoms with Crippen LogP contribution >= 0.6 is 0 Å². The van der Waals surface area contributed by atoms with Crippen molar-refractivity contribution in [1.29, 1.82) is 0 Å². The summed E-state index contributed by atoms with van der Waals surface area (Å²) in [5.74, 6) is -2.98. The predicted molar refractivity (Wildman–Crippen MR) is 163 cm³/mol. The van der Waals surface area contributed by atoms with Crippen molar-refractivity contribution in [3.63, 3.8) is 0 Å². The van der Waals surface area contributed by atoms with E-state index in [0.29, 0.717) is 49.9 Å². The number of carboxylic acids is 2. The number of quaternary nitrogens is 1. The first-order valence-electron chi connectivity index (χ1n) is 15.2. The first-order valence-corrected chi connectivity index (χ1v) is 15.2. The predicted octanol–water partition coefficient (Wildman–Crippen LogP) is 4.57. The number of nitrogens with two attached hydrogens (primary N) is 1. The number of hydrogen-bond donors (Lipinski definition) is 2. The molecule has 9 nitrogen and oxygen atoms in total. The first kappa shape index (κ1) is 36.8. The third-order valence-corrected chi connectivity index (χ3v) is 7.84. The topological polar surface area (TPSA) is 133 Å². The zero-order valence-corrected chi connectivity index (χ0v) is 26.4. The third kappa shape index (κ3) is 9.67. The first-order chi connectivity index (χ1) is 22.2. The molecule has 0 spiro atoms. The number of halogens is 4. The number of carboxylic acid groups (broad SMARTS) is 2. The molecule has 1 aliphatic heterocycles. The maximum atomic E-state index is 13.6. The third-order valence-electron chi connectivity index (χ3n) is 7.84. The number of para-hydroxylation sites is 1. The van der Waals surface area contributed by atoms with Gasteiger partial charge < -0.3 is 34.7 Å². The summed E-state index contributed by atoms with van der Waals surface area (Å²) >= 11 is 0. The molecular weight excluding hydrogens is 624 g/mol. The van der Waals surface area contributed by atoms with E-state index in [-0.39, 0.29) is 22.7 Å². The monoisotopic (exact) mass is 662 g/mol. The van der Waals surface area contributed by atoms with Crippen LogP contribution in [0.3, 0.4) is 0 Å². The molecule has 0 bridgehead atoms. The Morgan fingerprint density at radius 3 is 2.09 bits per heavy atom. The van der Waals surface area contributed by atoms with E-state index in [1.807, 2.05) is 26.0 Å². The molecule has 3 aromatic rings.